The van der Waals surface area contributed by atoms with Crippen LogP contribution in [0.5, 0.6) is 0 Å². The summed E-state index contributed by atoms with van der Waals surface area (Å²) in [7, 11) is -4.15. The van der Waals surface area contributed by atoms with Crippen molar-refractivity contribution in [2.75, 3.05) is 10.6 Å². The maximum absolute atomic E-state index is 12.6. The summed E-state index contributed by atoms with van der Waals surface area (Å²) in [6.07, 6.45) is 5.59. The van der Waals surface area contributed by atoms with Gasteiger partial charge in [-0.15, -0.1) is 0 Å². The zero-order valence-corrected chi connectivity index (χ0v) is 15.2. The Morgan fingerprint density at radius 1 is 0.963 bits per heavy atom. The molecule has 138 valence electrons. The Morgan fingerprint density at radius 2 is 1.74 bits per heavy atom. The zero-order valence-electron chi connectivity index (χ0n) is 14.4. The first-order valence-corrected chi connectivity index (χ1v) is 9.44. The Kier molecular flexibility index (Phi) is 5.32. The summed E-state index contributed by atoms with van der Waals surface area (Å²) in [6, 6.07) is 11.3. The Labute approximate surface area is 156 Å². The average molecular weight is 383 g/mol. The molecule has 0 bridgehead atoms. The molecule has 9 heteroatoms. The van der Waals surface area contributed by atoms with Crippen molar-refractivity contribution in [1.29, 1.82) is 0 Å². The number of carbonyl (C=O) groups is 1. The minimum Gasteiger partial charge on any atom is -0.354 e. The molecule has 0 unspecified atom stereocenters. The normalized spacial score (nSPS) is 10.9. The Hall–Kier alpha value is -3.46. The molecule has 27 heavy (non-hydrogen) atoms. The van der Waals surface area contributed by atoms with E-state index in [1.165, 1.54) is 24.7 Å². The number of pyridine rings is 2. The molecule has 2 amide bonds. The van der Waals surface area contributed by atoms with E-state index in [0.717, 1.165) is 11.3 Å². The fourth-order valence-corrected chi connectivity index (χ4v) is 3.36. The van der Waals surface area contributed by atoms with Gasteiger partial charge >= 0.3 is 6.03 Å². The van der Waals surface area contributed by atoms with Crippen LogP contribution in [0.15, 0.2) is 72.1 Å². The number of benzene rings is 1. The summed E-state index contributed by atoms with van der Waals surface area (Å²) in [5, 5.41) is 5.45. The summed E-state index contributed by atoms with van der Waals surface area (Å²) in [5.74, 6) is 0. The number of hydrogen-bond donors (Lipinski definition) is 3. The van der Waals surface area contributed by atoms with Gasteiger partial charge in [-0.1, -0.05) is 12.1 Å². The van der Waals surface area contributed by atoms with E-state index in [0.29, 0.717) is 11.4 Å². The fraction of sp³-hybridized carbons (Fsp3) is 0.0556. The molecule has 0 aliphatic heterocycles. The first kappa shape index (κ1) is 18.3. The number of nitrogens with one attached hydrogen (secondary N) is 3. The molecule has 3 rings (SSSR count). The summed E-state index contributed by atoms with van der Waals surface area (Å²) in [4.78, 5) is 19.6. The van der Waals surface area contributed by atoms with E-state index in [4.69, 9.17) is 0 Å². The second-order valence-corrected chi connectivity index (χ2v) is 7.32. The third-order valence-corrected chi connectivity index (χ3v) is 4.88. The van der Waals surface area contributed by atoms with Crippen molar-refractivity contribution in [1.82, 2.24) is 14.7 Å². The number of rotatable bonds is 5. The molecule has 8 nitrogen and oxygen atoms in total. The van der Waals surface area contributed by atoms with E-state index < -0.39 is 16.1 Å². The molecule has 0 radical (unpaired) electrons. The van der Waals surface area contributed by atoms with Gasteiger partial charge in [0.2, 0.25) is 0 Å². The lowest BCUT2D eigenvalue weighted by Crippen LogP contribution is -2.34. The maximum Gasteiger partial charge on any atom is 0.333 e. The van der Waals surface area contributed by atoms with Crippen LogP contribution >= 0.6 is 0 Å². The van der Waals surface area contributed by atoms with Gasteiger partial charge in [-0.3, -0.25) is 9.97 Å². The predicted octanol–water partition coefficient (Wildman–Crippen LogP) is 3.04. The van der Waals surface area contributed by atoms with Crippen molar-refractivity contribution in [2.24, 2.45) is 0 Å². The Morgan fingerprint density at radius 3 is 2.48 bits per heavy atom. The van der Waals surface area contributed by atoms with Crippen LogP contribution < -0.4 is 15.4 Å². The van der Waals surface area contributed by atoms with Crippen molar-refractivity contribution < 1.29 is 13.2 Å². The highest BCUT2D eigenvalue weighted by atomic mass is 32.2. The van der Waals surface area contributed by atoms with Gasteiger partial charge in [-0.2, -0.15) is 0 Å². The fourth-order valence-electron chi connectivity index (χ4n) is 2.35. The van der Waals surface area contributed by atoms with Crippen molar-refractivity contribution in [3.63, 3.8) is 0 Å². The lowest BCUT2D eigenvalue weighted by molar-refractivity contribution is 0.256. The number of hydrogen-bond acceptors (Lipinski definition) is 6. The van der Waals surface area contributed by atoms with Crippen LogP contribution in [0.4, 0.5) is 21.9 Å². The average Bonchev–Trinajstić information content (AvgIpc) is 2.62. The molecule has 2 heterocycles. The van der Waals surface area contributed by atoms with E-state index in [2.05, 4.69) is 20.6 Å². The van der Waals surface area contributed by atoms with Crippen LogP contribution in [-0.4, -0.2) is 24.4 Å². The highest BCUT2D eigenvalue weighted by Gasteiger charge is 2.22. The number of sulfonamides is 1. The van der Waals surface area contributed by atoms with E-state index in [1.54, 1.807) is 18.3 Å². The number of nitrogens with zero attached hydrogens (tertiary/aromatic N) is 2. The molecule has 1 aromatic carbocycles. The van der Waals surface area contributed by atoms with Crippen LogP contribution in [0.3, 0.4) is 0 Å². The highest BCUT2D eigenvalue weighted by molar-refractivity contribution is 7.90. The number of urea groups is 1. The molecule has 3 N–H and O–H groups in total. The van der Waals surface area contributed by atoms with E-state index in [1.807, 2.05) is 35.9 Å². The van der Waals surface area contributed by atoms with Crippen molar-refractivity contribution in [3.8, 4) is 0 Å². The smallest absolute Gasteiger partial charge is 0.333 e. The number of aromatic nitrogens is 2. The monoisotopic (exact) mass is 383 g/mol. The molecular formula is C18H17N5O3S. The minimum absolute atomic E-state index is 0.146. The Bertz CT molecular complexity index is 1060. The molecule has 0 saturated heterocycles. The molecule has 0 spiro atoms. The first-order valence-electron chi connectivity index (χ1n) is 7.95. The van der Waals surface area contributed by atoms with Crippen molar-refractivity contribution in [2.45, 2.75) is 11.8 Å². The zero-order chi connectivity index (χ0) is 19.3. The topological polar surface area (TPSA) is 113 Å². The highest BCUT2D eigenvalue weighted by Crippen LogP contribution is 2.24. The van der Waals surface area contributed by atoms with Gasteiger partial charge in [0.15, 0.2) is 0 Å². The third kappa shape index (κ3) is 4.79. The van der Waals surface area contributed by atoms with Crippen LogP contribution in [0.2, 0.25) is 0 Å². The van der Waals surface area contributed by atoms with Crippen LogP contribution in [0, 0.1) is 6.92 Å². The quantitative estimate of drug-likeness (QED) is 0.624. The second-order valence-electron chi connectivity index (χ2n) is 5.67. The van der Waals surface area contributed by atoms with E-state index >= 15 is 0 Å². The number of carbonyl (C=O) groups excluding carboxylic acids is 1. The van der Waals surface area contributed by atoms with Gasteiger partial charge < -0.3 is 10.6 Å². The molecule has 0 aliphatic rings. The molecule has 2 aromatic heterocycles. The van der Waals surface area contributed by atoms with Gasteiger partial charge in [0.25, 0.3) is 10.0 Å². The molecule has 0 aliphatic carbocycles. The maximum atomic E-state index is 12.6. The Balaban J connectivity index is 1.81. The summed E-state index contributed by atoms with van der Waals surface area (Å²) in [5.41, 5.74) is 2.41. The second kappa shape index (κ2) is 7.83. The van der Waals surface area contributed by atoms with Gasteiger partial charge in [0.1, 0.15) is 4.90 Å². The van der Waals surface area contributed by atoms with Crippen LogP contribution in [0.1, 0.15) is 5.56 Å². The molecule has 3 aromatic rings. The third-order valence-electron chi connectivity index (χ3n) is 3.52. The van der Waals surface area contributed by atoms with E-state index in [-0.39, 0.29) is 4.90 Å². The number of anilines is 3. The van der Waals surface area contributed by atoms with Gasteiger partial charge in [-0.05, 0) is 42.8 Å². The van der Waals surface area contributed by atoms with Gasteiger partial charge in [0, 0.05) is 24.3 Å². The molecule has 0 atom stereocenters. The summed E-state index contributed by atoms with van der Waals surface area (Å²) >= 11 is 0. The number of amides is 2. The van der Waals surface area contributed by atoms with Crippen LogP contribution in [-0.2, 0) is 10.0 Å². The van der Waals surface area contributed by atoms with Crippen molar-refractivity contribution >= 4 is 33.1 Å². The minimum atomic E-state index is -4.15. The largest absolute Gasteiger partial charge is 0.354 e. The molecular weight excluding hydrogens is 366 g/mol. The molecule has 0 saturated carbocycles. The van der Waals surface area contributed by atoms with Gasteiger partial charge in [0.05, 0.1) is 17.6 Å². The molecule has 0 fully saturated rings. The lowest BCUT2D eigenvalue weighted by Gasteiger charge is -2.13. The predicted molar refractivity (Wildman–Crippen MR) is 102 cm³/mol. The van der Waals surface area contributed by atoms with Gasteiger partial charge in [-0.25, -0.2) is 17.9 Å². The standard InChI is InChI=1S/C18H17N5O3S/c1-13-4-2-5-14(10-13)21-16-7-9-20-12-17(16)27(25,26)23-18(24)22-15-6-3-8-19-11-15/h2-12H,1H3,(H,20,21)(H2,22,23,24). The lowest BCUT2D eigenvalue weighted by atomic mass is 10.2. The van der Waals surface area contributed by atoms with Crippen LogP contribution in [0.25, 0.3) is 0 Å². The summed E-state index contributed by atoms with van der Waals surface area (Å²) in [6.45, 7) is 1.93. The van der Waals surface area contributed by atoms with Crippen molar-refractivity contribution in [3.05, 3.63) is 72.8 Å². The van der Waals surface area contributed by atoms with E-state index in [9.17, 15) is 13.2 Å². The number of aryl methyl sites for hydroxylation is 1. The SMILES string of the molecule is Cc1cccc(Nc2ccncc2S(=O)(=O)NC(=O)Nc2cccnc2)c1. The first-order chi connectivity index (χ1) is 12.9. The summed E-state index contributed by atoms with van der Waals surface area (Å²) < 4.78 is 27.3.